The van der Waals surface area contributed by atoms with Crippen molar-refractivity contribution in [2.24, 2.45) is 17.8 Å². The summed E-state index contributed by atoms with van der Waals surface area (Å²) in [7, 11) is 0. The number of carbonyl (C=O) groups excluding carboxylic acids is 1. The minimum Gasteiger partial charge on any atom is -0.466 e. The Balaban J connectivity index is 2.58. The van der Waals surface area contributed by atoms with Gasteiger partial charge < -0.3 is 9.84 Å². The van der Waals surface area contributed by atoms with Crippen LogP contribution >= 0.6 is 0 Å². The minimum absolute atomic E-state index is 0.235. The molecule has 3 heteroatoms. The van der Waals surface area contributed by atoms with Gasteiger partial charge in [0.15, 0.2) is 0 Å². The monoisotopic (exact) mass is 242 g/mol. The summed E-state index contributed by atoms with van der Waals surface area (Å²) in [5, 5.41) is 10.3. The van der Waals surface area contributed by atoms with E-state index in [0.717, 1.165) is 12.8 Å². The van der Waals surface area contributed by atoms with E-state index in [1.54, 1.807) is 6.92 Å². The smallest absolute Gasteiger partial charge is 0.311 e. The summed E-state index contributed by atoms with van der Waals surface area (Å²) in [5.41, 5.74) is 0. The molecule has 0 amide bonds. The highest BCUT2D eigenvalue weighted by molar-refractivity contribution is 5.73. The molecule has 1 aliphatic carbocycles. The maximum atomic E-state index is 11.8. The molecule has 4 atom stereocenters. The minimum atomic E-state index is -0.526. The molecule has 0 spiro atoms. The summed E-state index contributed by atoms with van der Waals surface area (Å²) in [4.78, 5) is 11.8. The predicted molar refractivity (Wildman–Crippen MR) is 67.5 cm³/mol. The van der Waals surface area contributed by atoms with Gasteiger partial charge in [0.05, 0.1) is 18.6 Å². The number of esters is 1. The number of hydrogen-bond acceptors (Lipinski definition) is 3. The van der Waals surface area contributed by atoms with Gasteiger partial charge in [0.25, 0.3) is 0 Å². The highest BCUT2D eigenvalue weighted by Gasteiger charge is 2.34. The Bertz CT molecular complexity index is 240. The van der Waals surface area contributed by atoms with E-state index in [4.69, 9.17) is 4.74 Å². The first-order valence-corrected chi connectivity index (χ1v) is 6.94. The Hall–Kier alpha value is -0.570. The quantitative estimate of drug-likeness (QED) is 0.754. The van der Waals surface area contributed by atoms with E-state index in [-0.39, 0.29) is 17.8 Å². The number of rotatable bonds is 5. The zero-order chi connectivity index (χ0) is 12.8. The Morgan fingerprint density at radius 1 is 1.41 bits per heavy atom. The molecule has 0 saturated heterocycles. The van der Waals surface area contributed by atoms with Crippen LogP contribution in [0.4, 0.5) is 0 Å². The number of aliphatic hydroxyl groups is 1. The maximum Gasteiger partial charge on any atom is 0.311 e. The number of hydrogen-bond donors (Lipinski definition) is 1. The largest absolute Gasteiger partial charge is 0.466 e. The number of ether oxygens (including phenoxy) is 1. The van der Waals surface area contributed by atoms with Crippen LogP contribution in [0, 0.1) is 17.8 Å². The summed E-state index contributed by atoms with van der Waals surface area (Å²) >= 11 is 0. The van der Waals surface area contributed by atoms with E-state index in [1.807, 2.05) is 6.92 Å². The second kappa shape index (κ2) is 7.00. The van der Waals surface area contributed by atoms with Crippen molar-refractivity contribution < 1.29 is 14.6 Å². The first kappa shape index (κ1) is 14.5. The van der Waals surface area contributed by atoms with Gasteiger partial charge in [-0.15, -0.1) is 0 Å². The third kappa shape index (κ3) is 3.98. The summed E-state index contributed by atoms with van der Waals surface area (Å²) in [6.45, 7) is 6.37. The van der Waals surface area contributed by atoms with Crippen molar-refractivity contribution in [3.63, 3.8) is 0 Å². The summed E-state index contributed by atoms with van der Waals surface area (Å²) in [6, 6.07) is 0. The lowest BCUT2D eigenvalue weighted by Gasteiger charge is -2.33. The van der Waals surface area contributed by atoms with Crippen LogP contribution in [0.3, 0.4) is 0 Å². The van der Waals surface area contributed by atoms with E-state index < -0.39 is 6.10 Å². The van der Waals surface area contributed by atoms with Gasteiger partial charge in [0.2, 0.25) is 0 Å². The van der Waals surface area contributed by atoms with Gasteiger partial charge in [-0.3, -0.25) is 4.79 Å². The van der Waals surface area contributed by atoms with E-state index in [0.29, 0.717) is 18.9 Å². The Morgan fingerprint density at radius 2 is 2.12 bits per heavy atom. The van der Waals surface area contributed by atoms with Crippen LogP contribution < -0.4 is 0 Å². The molecule has 1 rings (SSSR count). The Kier molecular flexibility index (Phi) is 5.96. The molecule has 0 aliphatic heterocycles. The zero-order valence-electron chi connectivity index (χ0n) is 11.3. The van der Waals surface area contributed by atoms with Crippen LogP contribution in [0.25, 0.3) is 0 Å². The van der Waals surface area contributed by atoms with Crippen molar-refractivity contribution in [1.82, 2.24) is 0 Å². The molecule has 4 unspecified atom stereocenters. The molecule has 17 heavy (non-hydrogen) atoms. The third-order valence-corrected chi connectivity index (χ3v) is 3.90. The first-order valence-electron chi connectivity index (χ1n) is 6.94. The second-order valence-corrected chi connectivity index (χ2v) is 5.29. The Labute approximate surface area is 105 Å². The van der Waals surface area contributed by atoms with Gasteiger partial charge in [-0.2, -0.15) is 0 Å². The van der Waals surface area contributed by atoms with Gasteiger partial charge in [0.1, 0.15) is 0 Å². The van der Waals surface area contributed by atoms with Gasteiger partial charge in [0, 0.05) is 0 Å². The van der Waals surface area contributed by atoms with Crippen LogP contribution in [0.2, 0.25) is 0 Å². The molecule has 0 aromatic carbocycles. The van der Waals surface area contributed by atoms with Crippen molar-refractivity contribution in [3.05, 3.63) is 0 Å². The van der Waals surface area contributed by atoms with E-state index in [2.05, 4.69) is 6.92 Å². The average molecular weight is 242 g/mol. The molecule has 1 fully saturated rings. The van der Waals surface area contributed by atoms with Crippen molar-refractivity contribution in [3.8, 4) is 0 Å². The Morgan fingerprint density at radius 3 is 2.65 bits per heavy atom. The fraction of sp³-hybridized carbons (Fsp3) is 0.929. The molecule has 100 valence electrons. The highest BCUT2D eigenvalue weighted by Crippen LogP contribution is 2.34. The predicted octanol–water partition coefficient (Wildman–Crippen LogP) is 2.76. The SMILES string of the molecule is CCOC(=O)C(CC)C(O)C1CCCC(C)C1. The normalized spacial score (nSPS) is 28.5. The van der Waals surface area contributed by atoms with Crippen molar-refractivity contribution in [2.75, 3.05) is 6.61 Å². The molecule has 1 aliphatic rings. The number of aliphatic hydroxyl groups excluding tert-OH is 1. The lowest BCUT2D eigenvalue weighted by Crippen LogP contribution is -2.37. The molecule has 1 saturated carbocycles. The first-order chi connectivity index (χ1) is 8.10. The standard InChI is InChI=1S/C14H26O3/c1-4-12(14(16)17-5-2)13(15)11-8-6-7-10(3)9-11/h10-13,15H,4-9H2,1-3H3. The van der Waals surface area contributed by atoms with E-state index in [1.165, 1.54) is 12.8 Å². The second-order valence-electron chi connectivity index (χ2n) is 5.29. The van der Waals surface area contributed by atoms with Gasteiger partial charge >= 0.3 is 5.97 Å². The van der Waals surface area contributed by atoms with Gasteiger partial charge in [-0.05, 0) is 38.0 Å². The average Bonchev–Trinajstić information content (AvgIpc) is 2.30. The fourth-order valence-corrected chi connectivity index (χ4v) is 2.92. The van der Waals surface area contributed by atoms with Crippen LogP contribution in [0.1, 0.15) is 52.9 Å². The van der Waals surface area contributed by atoms with Crippen LogP contribution in [-0.4, -0.2) is 23.8 Å². The summed E-state index contributed by atoms with van der Waals surface area (Å²) < 4.78 is 5.03. The highest BCUT2D eigenvalue weighted by atomic mass is 16.5. The topological polar surface area (TPSA) is 46.5 Å². The van der Waals surface area contributed by atoms with Crippen molar-refractivity contribution in [2.45, 2.75) is 59.0 Å². The molecule has 0 radical (unpaired) electrons. The zero-order valence-corrected chi connectivity index (χ0v) is 11.3. The molecule has 0 bridgehead atoms. The molecular weight excluding hydrogens is 216 g/mol. The summed E-state index contributed by atoms with van der Waals surface area (Å²) in [6.07, 6.45) is 4.63. The molecule has 0 heterocycles. The van der Waals surface area contributed by atoms with Crippen LogP contribution in [0.5, 0.6) is 0 Å². The molecular formula is C14H26O3. The van der Waals surface area contributed by atoms with Crippen molar-refractivity contribution >= 4 is 5.97 Å². The lowest BCUT2D eigenvalue weighted by molar-refractivity contribution is -0.154. The van der Waals surface area contributed by atoms with Crippen LogP contribution in [0.15, 0.2) is 0 Å². The van der Waals surface area contributed by atoms with E-state index >= 15 is 0 Å². The van der Waals surface area contributed by atoms with Crippen LogP contribution in [-0.2, 0) is 9.53 Å². The maximum absolute atomic E-state index is 11.8. The molecule has 1 N–H and O–H groups in total. The van der Waals surface area contributed by atoms with Gasteiger partial charge in [-0.25, -0.2) is 0 Å². The number of carbonyl (C=O) groups is 1. The summed E-state index contributed by atoms with van der Waals surface area (Å²) in [5.74, 6) is 0.363. The van der Waals surface area contributed by atoms with Gasteiger partial charge in [-0.1, -0.05) is 26.7 Å². The molecule has 0 aromatic rings. The third-order valence-electron chi connectivity index (χ3n) is 3.90. The van der Waals surface area contributed by atoms with E-state index in [9.17, 15) is 9.90 Å². The molecule has 0 aromatic heterocycles. The fourth-order valence-electron chi connectivity index (χ4n) is 2.92. The lowest BCUT2D eigenvalue weighted by atomic mass is 9.76. The van der Waals surface area contributed by atoms with Crippen molar-refractivity contribution in [1.29, 1.82) is 0 Å². The molecule has 3 nitrogen and oxygen atoms in total.